The van der Waals surface area contributed by atoms with Crippen LogP contribution in [0.15, 0.2) is 30.3 Å². The van der Waals surface area contributed by atoms with Gasteiger partial charge >= 0.3 is 14.2 Å². The third-order valence-corrected chi connectivity index (χ3v) is 6.79. The van der Waals surface area contributed by atoms with Crippen LogP contribution in [-0.4, -0.2) is 36.6 Å². The van der Waals surface area contributed by atoms with Crippen LogP contribution in [0.5, 0.6) is 0 Å². The van der Waals surface area contributed by atoms with Gasteiger partial charge in [-0.05, 0) is 79.5 Å². The summed E-state index contributed by atoms with van der Waals surface area (Å²) >= 11 is 0. The zero-order valence-corrected chi connectivity index (χ0v) is 18.2. The van der Waals surface area contributed by atoms with E-state index in [1.54, 1.807) is 0 Å². The Morgan fingerprint density at radius 3 is 1.63 bits per heavy atom. The van der Waals surface area contributed by atoms with E-state index in [1.807, 2.05) is 6.07 Å². The number of hydrogen-bond donors (Lipinski definition) is 0. The van der Waals surface area contributed by atoms with Crippen LogP contribution < -0.4 is 0 Å². The molecule has 6 heteroatoms. The van der Waals surface area contributed by atoms with Gasteiger partial charge in [-0.25, -0.2) is 0 Å². The van der Waals surface area contributed by atoms with Gasteiger partial charge in [0.1, 0.15) is 0 Å². The number of hydrogen-bond acceptors (Lipinski definition) is 4. The van der Waals surface area contributed by atoms with E-state index < -0.39 is 0 Å². The lowest BCUT2D eigenvalue weighted by Gasteiger charge is -2.32. The van der Waals surface area contributed by atoms with E-state index in [0.717, 1.165) is 12.7 Å². The van der Waals surface area contributed by atoms with Crippen molar-refractivity contribution in [3.05, 3.63) is 35.9 Å². The van der Waals surface area contributed by atoms with Gasteiger partial charge in [-0.3, -0.25) is 0 Å². The second kappa shape index (κ2) is 6.91. The highest BCUT2D eigenvalue weighted by Gasteiger charge is 2.56. The summed E-state index contributed by atoms with van der Waals surface area (Å²) in [5.74, 6) is 0.142. The molecule has 2 saturated heterocycles. The van der Waals surface area contributed by atoms with E-state index in [1.165, 1.54) is 5.56 Å². The fraction of sp³-hybridized carbons (Fsp3) is 0.714. The fourth-order valence-electron chi connectivity index (χ4n) is 3.60. The normalized spacial score (nSPS) is 26.4. The molecule has 0 spiro atoms. The minimum absolute atomic E-state index is 0.142. The summed E-state index contributed by atoms with van der Waals surface area (Å²) in [6.45, 7) is 16.8. The van der Waals surface area contributed by atoms with Crippen LogP contribution in [0.4, 0.5) is 0 Å². The summed E-state index contributed by atoms with van der Waals surface area (Å²) in [5, 5.41) is 0. The average molecular weight is 372 g/mol. The van der Waals surface area contributed by atoms with Gasteiger partial charge in [0.15, 0.2) is 0 Å². The zero-order chi connectivity index (χ0) is 20.1. The molecule has 0 bridgehead atoms. The molecule has 2 fully saturated rings. The Labute approximate surface area is 165 Å². The first kappa shape index (κ1) is 20.9. The summed E-state index contributed by atoms with van der Waals surface area (Å²) in [6, 6.07) is 10.5. The molecule has 2 heterocycles. The van der Waals surface area contributed by atoms with Crippen molar-refractivity contribution in [2.75, 3.05) is 0 Å². The standard InChI is InChI=1S/C21H34B2O4/c1-18(2)19(3,4)25-22(24-18)15-17(14-16-12-10-9-11-13-16)23-26-20(5,6)21(7,8)27-23/h9-13,17H,14-15H2,1-8H3/t17-/m0/s1. The van der Waals surface area contributed by atoms with Crippen LogP contribution in [0.3, 0.4) is 0 Å². The summed E-state index contributed by atoms with van der Waals surface area (Å²) in [7, 11) is -0.544. The first-order chi connectivity index (χ1) is 12.3. The summed E-state index contributed by atoms with van der Waals surface area (Å²) in [6.07, 6.45) is 1.60. The molecule has 27 heavy (non-hydrogen) atoms. The van der Waals surface area contributed by atoms with Crippen LogP contribution >= 0.6 is 0 Å². The van der Waals surface area contributed by atoms with E-state index in [9.17, 15) is 0 Å². The Balaban J connectivity index is 1.79. The highest BCUT2D eigenvalue weighted by atomic mass is 16.7. The minimum atomic E-state index is -0.345. The van der Waals surface area contributed by atoms with Crippen molar-refractivity contribution >= 4 is 14.2 Å². The molecule has 2 aliphatic heterocycles. The maximum absolute atomic E-state index is 6.38. The molecule has 0 unspecified atom stereocenters. The summed E-state index contributed by atoms with van der Waals surface area (Å²) in [4.78, 5) is 0. The van der Waals surface area contributed by atoms with Crippen molar-refractivity contribution in [1.82, 2.24) is 0 Å². The van der Waals surface area contributed by atoms with Gasteiger partial charge in [-0.1, -0.05) is 30.3 Å². The topological polar surface area (TPSA) is 36.9 Å². The molecule has 0 saturated carbocycles. The third-order valence-electron chi connectivity index (χ3n) is 6.79. The fourth-order valence-corrected chi connectivity index (χ4v) is 3.60. The lowest BCUT2D eigenvalue weighted by molar-refractivity contribution is 0.00578. The molecular formula is C21H34B2O4. The van der Waals surface area contributed by atoms with E-state index >= 15 is 0 Å². The minimum Gasteiger partial charge on any atom is -0.403 e. The largest absolute Gasteiger partial charge is 0.460 e. The molecule has 0 N–H and O–H groups in total. The Morgan fingerprint density at radius 1 is 0.704 bits per heavy atom. The van der Waals surface area contributed by atoms with Crippen LogP contribution in [0.25, 0.3) is 0 Å². The van der Waals surface area contributed by atoms with Crippen molar-refractivity contribution < 1.29 is 18.6 Å². The van der Waals surface area contributed by atoms with Crippen molar-refractivity contribution in [2.45, 2.75) is 96.4 Å². The monoisotopic (exact) mass is 372 g/mol. The maximum Gasteiger partial charge on any atom is 0.460 e. The van der Waals surface area contributed by atoms with Gasteiger partial charge in [-0.2, -0.15) is 0 Å². The molecule has 0 aliphatic carbocycles. The molecule has 0 radical (unpaired) electrons. The molecule has 1 aromatic rings. The van der Waals surface area contributed by atoms with Crippen molar-refractivity contribution in [2.24, 2.45) is 0 Å². The van der Waals surface area contributed by atoms with Gasteiger partial charge < -0.3 is 18.6 Å². The maximum atomic E-state index is 6.38. The first-order valence-electron chi connectivity index (χ1n) is 10.1. The Kier molecular flexibility index (Phi) is 5.35. The molecule has 148 valence electrons. The molecule has 2 aliphatic rings. The van der Waals surface area contributed by atoms with Crippen LogP contribution in [0, 0.1) is 0 Å². The van der Waals surface area contributed by atoms with Crippen LogP contribution in [0.1, 0.15) is 61.0 Å². The molecule has 3 rings (SSSR count). The predicted molar refractivity (Wildman–Crippen MR) is 111 cm³/mol. The lowest BCUT2D eigenvalue weighted by atomic mass is 9.59. The first-order valence-corrected chi connectivity index (χ1v) is 10.1. The van der Waals surface area contributed by atoms with Gasteiger partial charge in [-0.15, -0.1) is 0 Å². The highest BCUT2D eigenvalue weighted by Crippen LogP contribution is 2.44. The number of rotatable bonds is 5. The Morgan fingerprint density at radius 2 is 1.15 bits per heavy atom. The molecule has 0 amide bonds. The summed E-state index contributed by atoms with van der Waals surface area (Å²) < 4.78 is 25.3. The van der Waals surface area contributed by atoms with Gasteiger partial charge in [0, 0.05) is 0 Å². The van der Waals surface area contributed by atoms with Crippen LogP contribution in [0.2, 0.25) is 12.1 Å². The molecule has 0 aromatic heterocycles. The van der Waals surface area contributed by atoms with E-state index in [0.29, 0.717) is 0 Å². The second-order valence-corrected chi connectivity index (χ2v) is 10.00. The van der Waals surface area contributed by atoms with E-state index in [2.05, 4.69) is 79.7 Å². The molecular weight excluding hydrogens is 338 g/mol. The average Bonchev–Trinajstić information content (AvgIpc) is 2.87. The van der Waals surface area contributed by atoms with Crippen molar-refractivity contribution in [3.63, 3.8) is 0 Å². The van der Waals surface area contributed by atoms with Crippen molar-refractivity contribution in [3.8, 4) is 0 Å². The molecule has 1 aromatic carbocycles. The van der Waals surface area contributed by atoms with Gasteiger partial charge in [0.25, 0.3) is 0 Å². The van der Waals surface area contributed by atoms with Gasteiger partial charge in [0.2, 0.25) is 0 Å². The quantitative estimate of drug-likeness (QED) is 0.697. The highest BCUT2D eigenvalue weighted by molar-refractivity contribution is 6.53. The SMILES string of the molecule is CC1(C)OB(C[C@H](Cc2ccccc2)B2OC(C)(C)C(C)(C)O2)OC1(C)C. The molecule has 4 nitrogen and oxygen atoms in total. The predicted octanol–water partition coefficient (Wildman–Crippen LogP) is 4.78. The third kappa shape index (κ3) is 4.14. The van der Waals surface area contributed by atoms with Crippen LogP contribution in [-0.2, 0) is 25.0 Å². The zero-order valence-electron chi connectivity index (χ0n) is 18.2. The number of benzene rings is 1. The Bertz CT molecular complexity index is 625. The second-order valence-electron chi connectivity index (χ2n) is 10.00. The molecule has 1 atom stereocenters. The van der Waals surface area contributed by atoms with E-state index in [4.69, 9.17) is 18.6 Å². The van der Waals surface area contributed by atoms with E-state index in [-0.39, 0.29) is 42.5 Å². The lowest BCUT2D eigenvalue weighted by Crippen LogP contribution is -2.41. The summed E-state index contributed by atoms with van der Waals surface area (Å²) in [5.41, 5.74) is -0.0744. The van der Waals surface area contributed by atoms with Gasteiger partial charge in [0.05, 0.1) is 22.4 Å². The van der Waals surface area contributed by atoms with Crippen molar-refractivity contribution in [1.29, 1.82) is 0 Å². The smallest absolute Gasteiger partial charge is 0.403 e. The Hall–Kier alpha value is -0.810.